The van der Waals surface area contributed by atoms with Crippen LogP contribution in [0.4, 0.5) is 14.5 Å². The molecule has 6 nitrogen and oxygen atoms in total. The molecule has 2 N–H and O–H groups in total. The molecule has 3 rings (SSSR count). The van der Waals surface area contributed by atoms with E-state index in [2.05, 4.69) is 53.6 Å². The summed E-state index contributed by atoms with van der Waals surface area (Å²) in [4.78, 5) is 10.4. The number of aromatic nitrogens is 2. The van der Waals surface area contributed by atoms with Crippen molar-refractivity contribution in [2.24, 2.45) is 4.99 Å². The molecule has 0 bridgehead atoms. The summed E-state index contributed by atoms with van der Waals surface area (Å²) in [5.74, 6) is 0.849. The van der Waals surface area contributed by atoms with Gasteiger partial charge >= 0.3 is 6.55 Å². The summed E-state index contributed by atoms with van der Waals surface area (Å²) in [7, 11) is 1.66. The number of benzene rings is 1. The lowest BCUT2D eigenvalue weighted by atomic mass is 10.3. The van der Waals surface area contributed by atoms with Crippen LogP contribution in [0.15, 0.2) is 46.1 Å². The molecule has 2 heterocycles. The number of anilines is 1. The van der Waals surface area contributed by atoms with Crippen LogP contribution >= 0.6 is 39.9 Å². The molecule has 1 unspecified atom stereocenters. The maximum atomic E-state index is 12.9. The number of halogens is 4. The summed E-state index contributed by atoms with van der Waals surface area (Å²) in [6, 6.07) is 8.47. The molecule has 1 aliphatic heterocycles. The number of rotatable bonds is 5. The molecule has 0 amide bonds. The lowest BCUT2D eigenvalue weighted by molar-refractivity contribution is 0.0668. The van der Waals surface area contributed by atoms with E-state index in [0.29, 0.717) is 5.96 Å². The molecule has 0 aliphatic carbocycles. The van der Waals surface area contributed by atoms with Crippen LogP contribution in [0.1, 0.15) is 18.8 Å². The van der Waals surface area contributed by atoms with Gasteiger partial charge in [0.1, 0.15) is 5.82 Å². The zero-order valence-electron chi connectivity index (χ0n) is 14.8. The van der Waals surface area contributed by atoms with Crippen molar-refractivity contribution in [3.63, 3.8) is 0 Å². The Morgan fingerprint density at radius 3 is 2.78 bits per heavy atom. The van der Waals surface area contributed by atoms with E-state index in [4.69, 9.17) is 0 Å². The Kier molecular flexibility index (Phi) is 8.27. The van der Waals surface area contributed by atoms with E-state index < -0.39 is 6.55 Å². The molecule has 1 atom stereocenters. The number of hydrogen-bond donors (Lipinski definition) is 2. The zero-order chi connectivity index (χ0) is 18.5. The number of nitrogens with one attached hydrogen (secondary N) is 2. The average Bonchev–Trinajstić information content (AvgIpc) is 3.28. The van der Waals surface area contributed by atoms with E-state index in [1.165, 1.54) is 18.1 Å². The molecule has 0 spiro atoms. The van der Waals surface area contributed by atoms with Gasteiger partial charge in [0.15, 0.2) is 5.96 Å². The minimum Gasteiger partial charge on any atom is -0.369 e. The topological polar surface area (TPSA) is 57.5 Å². The highest BCUT2D eigenvalue weighted by Gasteiger charge is 2.23. The molecule has 1 aromatic heterocycles. The summed E-state index contributed by atoms with van der Waals surface area (Å²) < 4.78 is 27.6. The quantitative estimate of drug-likeness (QED) is 0.337. The first-order valence-corrected chi connectivity index (χ1v) is 9.13. The van der Waals surface area contributed by atoms with Gasteiger partial charge in [0.05, 0.1) is 6.54 Å². The maximum absolute atomic E-state index is 12.9. The Hall–Kier alpha value is -1.43. The minimum absolute atomic E-state index is 0. The van der Waals surface area contributed by atoms with Crippen molar-refractivity contribution < 1.29 is 8.78 Å². The second-order valence-electron chi connectivity index (χ2n) is 6.01. The van der Waals surface area contributed by atoms with Crippen LogP contribution in [0.25, 0.3) is 0 Å². The Bertz CT molecular complexity index is 752. The van der Waals surface area contributed by atoms with Crippen LogP contribution in [0.2, 0.25) is 0 Å². The summed E-state index contributed by atoms with van der Waals surface area (Å²) in [5.41, 5.74) is 1.18. The predicted molar refractivity (Wildman–Crippen MR) is 117 cm³/mol. The molecule has 1 saturated heterocycles. The number of imidazole rings is 1. The molecule has 0 saturated carbocycles. The van der Waals surface area contributed by atoms with Gasteiger partial charge in [-0.15, -0.1) is 24.0 Å². The van der Waals surface area contributed by atoms with Gasteiger partial charge in [-0.05, 0) is 30.7 Å². The molecule has 1 aromatic carbocycles. The van der Waals surface area contributed by atoms with Crippen LogP contribution in [-0.4, -0.2) is 41.7 Å². The van der Waals surface area contributed by atoms with Crippen LogP contribution in [0.3, 0.4) is 0 Å². The molecular formula is C17H22BrF2IN6. The van der Waals surface area contributed by atoms with Crippen molar-refractivity contribution in [1.82, 2.24) is 20.2 Å². The van der Waals surface area contributed by atoms with Crippen molar-refractivity contribution in [2.45, 2.75) is 25.6 Å². The second kappa shape index (κ2) is 10.2. The molecule has 1 fully saturated rings. The molecule has 0 radical (unpaired) electrons. The van der Waals surface area contributed by atoms with E-state index >= 15 is 0 Å². The summed E-state index contributed by atoms with van der Waals surface area (Å²) in [6.07, 6.45) is 3.61. The van der Waals surface area contributed by atoms with E-state index in [-0.39, 0.29) is 42.4 Å². The van der Waals surface area contributed by atoms with E-state index in [1.807, 2.05) is 12.1 Å². The smallest absolute Gasteiger partial charge is 0.319 e. The molecule has 27 heavy (non-hydrogen) atoms. The largest absolute Gasteiger partial charge is 0.369 e. The third-order valence-corrected chi connectivity index (χ3v) is 4.85. The maximum Gasteiger partial charge on any atom is 0.319 e. The highest BCUT2D eigenvalue weighted by atomic mass is 127. The molecule has 2 aromatic rings. The summed E-state index contributed by atoms with van der Waals surface area (Å²) in [5, 5.41) is 6.40. The van der Waals surface area contributed by atoms with Crippen LogP contribution < -0.4 is 15.5 Å². The fraction of sp³-hybridized carbons (Fsp3) is 0.412. The lowest BCUT2D eigenvalue weighted by Gasteiger charge is -2.20. The zero-order valence-corrected chi connectivity index (χ0v) is 18.7. The number of nitrogens with zero attached hydrogens (tertiary/aromatic N) is 4. The number of guanidine groups is 1. The molecule has 1 aliphatic rings. The fourth-order valence-electron chi connectivity index (χ4n) is 2.97. The Balaban J connectivity index is 0.00000261. The Morgan fingerprint density at radius 2 is 2.11 bits per heavy atom. The highest BCUT2D eigenvalue weighted by Crippen LogP contribution is 2.22. The molecular weight excluding hydrogens is 533 g/mol. The van der Waals surface area contributed by atoms with Crippen molar-refractivity contribution in [1.29, 1.82) is 0 Å². The summed E-state index contributed by atoms with van der Waals surface area (Å²) >= 11 is 3.45. The fourth-order valence-corrected chi connectivity index (χ4v) is 3.24. The van der Waals surface area contributed by atoms with Gasteiger partial charge in [-0.2, -0.15) is 8.78 Å². The molecule has 148 valence electrons. The van der Waals surface area contributed by atoms with Crippen molar-refractivity contribution in [3.8, 4) is 0 Å². The van der Waals surface area contributed by atoms with Gasteiger partial charge in [0.2, 0.25) is 0 Å². The standard InChI is InChI=1S/C17H21BrF2N6.HI/c1-21-17(23-10-15-22-7-9-26(15)16(19)20)24-13-6-8-25(11-13)14-4-2-12(18)3-5-14;/h2-5,7,9,13,16H,6,8,10-11H2,1H3,(H2,21,23,24);1H. The van der Waals surface area contributed by atoms with E-state index in [1.54, 1.807) is 7.05 Å². The SMILES string of the molecule is CN=C(NCc1nccn1C(F)F)NC1CCN(c2ccc(Br)cc2)C1.I. The van der Waals surface area contributed by atoms with E-state index in [0.717, 1.165) is 28.6 Å². The first kappa shape index (κ1) is 21.9. The van der Waals surface area contributed by atoms with Gasteiger partial charge in [-0.1, -0.05) is 15.9 Å². The Labute approximate surface area is 182 Å². The minimum atomic E-state index is -2.60. The first-order chi connectivity index (χ1) is 12.6. The van der Waals surface area contributed by atoms with Gasteiger partial charge in [-0.3, -0.25) is 9.56 Å². The van der Waals surface area contributed by atoms with Crippen molar-refractivity contribution in [2.75, 3.05) is 25.0 Å². The average molecular weight is 555 g/mol. The third kappa shape index (κ3) is 5.77. The van der Waals surface area contributed by atoms with E-state index in [9.17, 15) is 8.78 Å². The monoisotopic (exact) mass is 554 g/mol. The van der Waals surface area contributed by atoms with Crippen molar-refractivity contribution in [3.05, 3.63) is 47.0 Å². The number of aliphatic imine (C=N–C) groups is 1. The Morgan fingerprint density at radius 1 is 1.37 bits per heavy atom. The lowest BCUT2D eigenvalue weighted by Crippen LogP contribution is -2.44. The van der Waals surface area contributed by atoms with Crippen molar-refractivity contribution >= 4 is 51.6 Å². The number of hydrogen-bond acceptors (Lipinski definition) is 3. The van der Waals surface area contributed by atoms with Gasteiger partial charge in [0.25, 0.3) is 0 Å². The second-order valence-corrected chi connectivity index (χ2v) is 6.92. The van der Waals surface area contributed by atoms with Crippen LogP contribution in [0, 0.1) is 0 Å². The molecule has 10 heteroatoms. The highest BCUT2D eigenvalue weighted by molar-refractivity contribution is 14.0. The predicted octanol–water partition coefficient (Wildman–Crippen LogP) is 3.60. The normalized spacial score (nSPS) is 17.1. The van der Waals surface area contributed by atoms with Gasteiger partial charge in [0, 0.05) is 48.7 Å². The summed E-state index contributed by atoms with van der Waals surface area (Å²) in [6.45, 7) is -0.612. The van der Waals surface area contributed by atoms with Crippen LogP contribution in [0.5, 0.6) is 0 Å². The number of alkyl halides is 2. The third-order valence-electron chi connectivity index (χ3n) is 4.32. The first-order valence-electron chi connectivity index (χ1n) is 8.34. The van der Waals surface area contributed by atoms with Crippen LogP contribution in [-0.2, 0) is 6.54 Å². The van der Waals surface area contributed by atoms with Gasteiger partial charge in [-0.25, -0.2) is 4.98 Å². The van der Waals surface area contributed by atoms with Gasteiger partial charge < -0.3 is 15.5 Å².